The van der Waals surface area contributed by atoms with Crippen LogP contribution in [0.1, 0.15) is 0 Å². The van der Waals surface area contributed by atoms with Crippen LogP contribution in [0.3, 0.4) is 0 Å². The average Bonchev–Trinajstić information content (AvgIpc) is 3.44. The van der Waals surface area contributed by atoms with Crippen molar-refractivity contribution in [2.45, 2.75) is 0 Å². The molecule has 0 unspecified atom stereocenters. The fourth-order valence-electron chi connectivity index (χ4n) is 6.92. The van der Waals surface area contributed by atoms with Crippen LogP contribution in [0.4, 0.5) is 0 Å². The Balaban J connectivity index is 1.32. The van der Waals surface area contributed by atoms with Gasteiger partial charge in [0.25, 0.3) is 0 Å². The van der Waals surface area contributed by atoms with Crippen LogP contribution in [-0.4, -0.2) is 0 Å². The lowest BCUT2D eigenvalue weighted by atomic mass is 9.84. The normalized spacial score (nSPS) is 11.7. The number of benzene rings is 8. The second-order valence-corrected chi connectivity index (χ2v) is 12.3. The van der Waals surface area contributed by atoms with Crippen molar-refractivity contribution in [3.63, 3.8) is 0 Å². The molecule has 43 heavy (non-hydrogen) atoms. The molecule has 0 radical (unpaired) electrons. The first-order valence-corrected chi connectivity index (χ1v) is 15.6. The van der Waals surface area contributed by atoms with E-state index in [1.54, 1.807) is 0 Å². The predicted octanol–water partition coefficient (Wildman–Crippen LogP) is 12.5. The molecule has 9 rings (SSSR count). The fourth-order valence-corrected chi connectivity index (χ4v) is 8.04. The Labute approximate surface area is 254 Å². The monoisotopic (exact) mass is 562 g/mol. The predicted molar refractivity (Wildman–Crippen MR) is 188 cm³/mol. The van der Waals surface area contributed by atoms with Crippen molar-refractivity contribution in [1.29, 1.82) is 0 Å². The first-order valence-electron chi connectivity index (χ1n) is 14.8. The summed E-state index contributed by atoms with van der Waals surface area (Å²) in [7, 11) is 0. The first-order chi connectivity index (χ1) is 21.3. The summed E-state index contributed by atoms with van der Waals surface area (Å²) in [5.74, 6) is 0. The smallest absolute Gasteiger partial charge is 0.0361 e. The van der Waals surface area contributed by atoms with Crippen molar-refractivity contribution in [2.75, 3.05) is 0 Å². The van der Waals surface area contributed by atoms with Crippen LogP contribution in [0, 0.1) is 0 Å². The molecule has 0 aliphatic heterocycles. The summed E-state index contributed by atoms with van der Waals surface area (Å²) < 4.78 is 2.65. The van der Waals surface area contributed by atoms with Gasteiger partial charge in [-0.2, -0.15) is 0 Å². The molecule has 8 aromatic carbocycles. The summed E-state index contributed by atoms with van der Waals surface area (Å²) in [6.45, 7) is 0. The van der Waals surface area contributed by atoms with E-state index in [-0.39, 0.29) is 0 Å². The zero-order valence-corrected chi connectivity index (χ0v) is 24.2. The van der Waals surface area contributed by atoms with Crippen molar-refractivity contribution in [3.05, 3.63) is 158 Å². The minimum absolute atomic E-state index is 1.26. The molecule has 0 nitrogen and oxygen atoms in total. The lowest BCUT2D eigenvalue weighted by Gasteiger charge is -2.19. The molecule has 0 saturated heterocycles. The summed E-state index contributed by atoms with van der Waals surface area (Å²) >= 11 is 1.88. The van der Waals surface area contributed by atoms with Gasteiger partial charge in [0.1, 0.15) is 0 Å². The van der Waals surface area contributed by atoms with Gasteiger partial charge < -0.3 is 0 Å². The maximum atomic E-state index is 2.42. The van der Waals surface area contributed by atoms with Gasteiger partial charge in [-0.05, 0) is 83.9 Å². The van der Waals surface area contributed by atoms with E-state index in [1.165, 1.54) is 85.9 Å². The van der Waals surface area contributed by atoms with Gasteiger partial charge in [-0.15, -0.1) is 11.3 Å². The number of fused-ring (bicyclic) bond motifs is 6. The second kappa shape index (κ2) is 9.66. The zero-order valence-electron chi connectivity index (χ0n) is 23.4. The molecule has 0 atom stereocenters. The molecule has 0 amide bonds. The van der Waals surface area contributed by atoms with Crippen molar-refractivity contribution >= 4 is 63.8 Å². The molecule has 0 spiro atoms. The number of hydrogen-bond donors (Lipinski definition) is 0. The van der Waals surface area contributed by atoms with Gasteiger partial charge in [0, 0.05) is 20.2 Å². The number of hydrogen-bond acceptors (Lipinski definition) is 1. The van der Waals surface area contributed by atoms with Crippen molar-refractivity contribution in [2.24, 2.45) is 0 Å². The topological polar surface area (TPSA) is 0 Å². The Morgan fingerprint density at radius 1 is 0.302 bits per heavy atom. The van der Waals surface area contributed by atoms with Crippen molar-refractivity contribution < 1.29 is 0 Å². The molecule has 0 fully saturated rings. The van der Waals surface area contributed by atoms with E-state index >= 15 is 0 Å². The van der Waals surface area contributed by atoms with E-state index < -0.39 is 0 Å². The minimum Gasteiger partial charge on any atom is -0.135 e. The highest BCUT2D eigenvalue weighted by Gasteiger charge is 2.18. The summed E-state index contributed by atoms with van der Waals surface area (Å²) in [4.78, 5) is 0. The molecule has 1 heteroatoms. The zero-order chi connectivity index (χ0) is 28.3. The van der Waals surface area contributed by atoms with Gasteiger partial charge in [-0.3, -0.25) is 0 Å². The van der Waals surface area contributed by atoms with Crippen LogP contribution < -0.4 is 0 Å². The molecule has 200 valence electrons. The Morgan fingerprint density at radius 2 is 0.907 bits per heavy atom. The second-order valence-electron chi connectivity index (χ2n) is 11.3. The molecule has 0 bridgehead atoms. The summed E-state index contributed by atoms with van der Waals surface area (Å²) in [6.07, 6.45) is 0. The van der Waals surface area contributed by atoms with Gasteiger partial charge in [-0.1, -0.05) is 140 Å². The van der Waals surface area contributed by atoms with Crippen LogP contribution in [0.5, 0.6) is 0 Å². The van der Waals surface area contributed by atoms with Crippen LogP contribution >= 0.6 is 11.3 Å². The summed E-state index contributed by atoms with van der Waals surface area (Å²) in [6, 6.07) is 57.9. The Morgan fingerprint density at radius 3 is 1.65 bits per heavy atom. The highest BCUT2D eigenvalue weighted by atomic mass is 32.1. The van der Waals surface area contributed by atoms with E-state index in [0.29, 0.717) is 0 Å². The summed E-state index contributed by atoms with van der Waals surface area (Å²) in [5, 5.41) is 10.3. The molecular formula is C42H26S. The first kappa shape index (κ1) is 24.4. The minimum atomic E-state index is 1.26. The molecule has 1 aromatic heterocycles. The third-order valence-electron chi connectivity index (χ3n) is 8.86. The van der Waals surface area contributed by atoms with E-state index in [9.17, 15) is 0 Å². The van der Waals surface area contributed by atoms with Crippen molar-refractivity contribution in [1.82, 2.24) is 0 Å². The highest BCUT2D eigenvalue weighted by Crippen LogP contribution is 2.46. The van der Waals surface area contributed by atoms with Crippen LogP contribution in [0.2, 0.25) is 0 Å². The average molecular weight is 563 g/mol. The molecule has 1 heterocycles. The van der Waals surface area contributed by atoms with E-state index in [4.69, 9.17) is 0 Å². The maximum absolute atomic E-state index is 2.42. The van der Waals surface area contributed by atoms with Crippen LogP contribution in [-0.2, 0) is 0 Å². The highest BCUT2D eigenvalue weighted by molar-refractivity contribution is 7.25. The van der Waals surface area contributed by atoms with Gasteiger partial charge >= 0.3 is 0 Å². The fraction of sp³-hybridized carbons (Fsp3) is 0. The Hall–Kier alpha value is -5.24. The van der Waals surface area contributed by atoms with E-state index in [0.717, 1.165) is 0 Å². The quantitative estimate of drug-likeness (QED) is 0.188. The largest absolute Gasteiger partial charge is 0.135 e. The number of rotatable bonds is 3. The van der Waals surface area contributed by atoms with Crippen LogP contribution in [0.15, 0.2) is 158 Å². The SMILES string of the molecule is c1ccc(-c2ccc3c(c2)sc2ccc(-c4c5ccccc5c(-c5cccc6ccccc56)c5ccccc45)cc23)cc1. The lowest BCUT2D eigenvalue weighted by Crippen LogP contribution is -1.91. The lowest BCUT2D eigenvalue weighted by molar-refractivity contribution is 1.66. The third kappa shape index (κ3) is 3.82. The van der Waals surface area contributed by atoms with Gasteiger partial charge in [0.15, 0.2) is 0 Å². The van der Waals surface area contributed by atoms with Gasteiger partial charge in [-0.25, -0.2) is 0 Å². The molecule has 0 aliphatic carbocycles. The Bertz CT molecular complexity index is 2440. The van der Waals surface area contributed by atoms with E-state index in [2.05, 4.69) is 158 Å². The summed E-state index contributed by atoms with van der Waals surface area (Å²) in [5.41, 5.74) is 7.68. The van der Waals surface area contributed by atoms with E-state index in [1.807, 2.05) is 11.3 Å². The standard InChI is InChI=1S/C42H26S/c1-2-11-27(12-3-1)29-21-23-32-38-25-30(22-24-39(38)43-40(32)26-29)41-34-16-6-8-18-36(34)42(37-19-9-7-17-35(37)41)33-20-10-14-28-13-4-5-15-31(28)33/h1-26H. The number of thiophene rings is 1. The molecule has 0 N–H and O–H groups in total. The van der Waals surface area contributed by atoms with Gasteiger partial charge in [0.05, 0.1) is 0 Å². The molecule has 9 aromatic rings. The maximum Gasteiger partial charge on any atom is 0.0361 e. The molecule has 0 saturated carbocycles. The third-order valence-corrected chi connectivity index (χ3v) is 9.99. The Kier molecular flexibility index (Phi) is 5.47. The van der Waals surface area contributed by atoms with Gasteiger partial charge in [0.2, 0.25) is 0 Å². The molecule has 0 aliphatic rings. The van der Waals surface area contributed by atoms with Crippen LogP contribution in [0.25, 0.3) is 85.9 Å². The molecular weight excluding hydrogens is 537 g/mol. The van der Waals surface area contributed by atoms with Crippen molar-refractivity contribution in [3.8, 4) is 33.4 Å².